The molecule has 166 valence electrons. The third-order valence-electron chi connectivity index (χ3n) is 5.75. The van der Waals surface area contributed by atoms with Crippen LogP contribution in [0.1, 0.15) is 55.8 Å². The van der Waals surface area contributed by atoms with Gasteiger partial charge >= 0.3 is 0 Å². The summed E-state index contributed by atoms with van der Waals surface area (Å²) in [5.41, 5.74) is 4.81. The van der Waals surface area contributed by atoms with E-state index in [9.17, 15) is 4.79 Å². The number of anilines is 1. The van der Waals surface area contributed by atoms with E-state index < -0.39 is 0 Å². The summed E-state index contributed by atoms with van der Waals surface area (Å²) in [6.07, 6.45) is 7.57. The van der Waals surface area contributed by atoms with Crippen molar-refractivity contribution in [2.75, 3.05) is 5.32 Å². The summed E-state index contributed by atoms with van der Waals surface area (Å²) in [5.74, 6) is 0.553. The first-order valence-corrected chi connectivity index (χ1v) is 11.1. The van der Waals surface area contributed by atoms with E-state index in [1.807, 2.05) is 48.7 Å². The van der Waals surface area contributed by atoms with Gasteiger partial charge in [-0.2, -0.15) is 0 Å². The molecule has 7 heteroatoms. The standard InChI is InChI=1S/C26H26N6O/c1-26(2,3)23-10-7-19(15-28-23)17-11-12-27-22(14-17)25(33)30-20-6-4-5-18(13-20)24-31-29-16-32(24)21-8-9-21/h4-7,10-16,21H,8-9H2,1-3H3,(H,30,33). The molecule has 0 bridgehead atoms. The quantitative estimate of drug-likeness (QED) is 0.458. The number of hydrogen-bond acceptors (Lipinski definition) is 5. The summed E-state index contributed by atoms with van der Waals surface area (Å²) in [4.78, 5) is 21.8. The number of nitrogens with zero attached hydrogens (tertiary/aromatic N) is 5. The highest BCUT2D eigenvalue weighted by atomic mass is 16.1. The predicted molar refractivity (Wildman–Crippen MR) is 128 cm³/mol. The third-order valence-corrected chi connectivity index (χ3v) is 5.75. The fourth-order valence-electron chi connectivity index (χ4n) is 3.74. The minimum Gasteiger partial charge on any atom is -0.321 e. The van der Waals surface area contributed by atoms with E-state index in [4.69, 9.17) is 0 Å². The molecule has 5 rings (SSSR count). The average Bonchev–Trinajstić information content (AvgIpc) is 3.55. The Bertz CT molecular complexity index is 1300. The first kappa shape index (κ1) is 21.0. The van der Waals surface area contributed by atoms with Crippen LogP contribution in [0.3, 0.4) is 0 Å². The van der Waals surface area contributed by atoms with E-state index in [0.29, 0.717) is 17.4 Å². The topological polar surface area (TPSA) is 85.6 Å². The molecule has 1 aromatic carbocycles. The van der Waals surface area contributed by atoms with Crippen LogP contribution >= 0.6 is 0 Å². The van der Waals surface area contributed by atoms with Crippen molar-refractivity contribution in [2.24, 2.45) is 0 Å². The van der Waals surface area contributed by atoms with Crippen molar-refractivity contribution in [3.8, 4) is 22.5 Å². The highest BCUT2D eigenvalue weighted by Crippen LogP contribution is 2.37. The van der Waals surface area contributed by atoms with Gasteiger partial charge in [-0.1, -0.05) is 39.0 Å². The molecule has 0 saturated heterocycles. The van der Waals surface area contributed by atoms with Crippen LogP contribution in [0.2, 0.25) is 0 Å². The summed E-state index contributed by atoms with van der Waals surface area (Å²) < 4.78 is 2.10. The molecule has 3 aromatic heterocycles. The molecule has 1 N–H and O–H groups in total. The van der Waals surface area contributed by atoms with Gasteiger partial charge in [-0.15, -0.1) is 10.2 Å². The second-order valence-corrected chi connectivity index (χ2v) is 9.44. The molecule has 1 aliphatic carbocycles. The number of benzene rings is 1. The first-order valence-electron chi connectivity index (χ1n) is 11.1. The Labute approximate surface area is 192 Å². The van der Waals surface area contributed by atoms with Crippen molar-refractivity contribution in [3.63, 3.8) is 0 Å². The van der Waals surface area contributed by atoms with Gasteiger partial charge in [0.05, 0.1) is 0 Å². The molecule has 1 fully saturated rings. The summed E-state index contributed by atoms with van der Waals surface area (Å²) in [7, 11) is 0. The molecule has 4 aromatic rings. The smallest absolute Gasteiger partial charge is 0.274 e. The van der Waals surface area contributed by atoms with Crippen LogP contribution in [0, 0.1) is 0 Å². The van der Waals surface area contributed by atoms with Gasteiger partial charge in [0.15, 0.2) is 5.82 Å². The Morgan fingerprint density at radius 3 is 2.58 bits per heavy atom. The zero-order chi connectivity index (χ0) is 23.0. The molecular weight excluding hydrogens is 412 g/mol. The summed E-state index contributed by atoms with van der Waals surface area (Å²) in [5, 5.41) is 11.3. The number of hydrogen-bond donors (Lipinski definition) is 1. The predicted octanol–water partition coefficient (Wildman–Crippen LogP) is 5.29. The Kier molecular flexibility index (Phi) is 5.24. The first-order chi connectivity index (χ1) is 15.9. The molecular formula is C26H26N6O. The number of amides is 1. The Morgan fingerprint density at radius 1 is 1.00 bits per heavy atom. The largest absolute Gasteiger partial charge is 0.321 e. The summed E-state index contributed by atoms with van der Waals surface area (Å²) in [6.45, 7) is 6.40. The lowest BCUT2D eigenvalue weighted by atomic mass is 9.91. The molecule has 33 heavy (non-hydrogen) atoms. The lowest BCUT2D eigenvalue weighted by molar-refractivity contribution is 0.102. The fraction of sp³-hybridized carbons (Fsp3) is 0.269. The van der Waals surface area contributed by atoms with E-state index in [1.165, 1.54) is 0 Å². The third kappa shape index (κ3) is 4.53. The van der Waals surface area contributed by atoms with Gasteiger partial charge in [0, 0.05) is 46.4 Å². The van der Waals surface area contributed by atoms with E-state index in [-0.39, 0.29) is 11.3 Å². The van der Waals surface area contributed by atoms with Crippen LogP contribution in [-0.4, -0.2) is 30.6 Å². The lowest BCUT2D eigenvalue weighted by Gasteiger charge is -2.17. The van der Waals surface area contributed by atoms with Crippen molar-refractivity contribution < 1.29 is 4.79 Å². The van der Waals surface area contributed by atoms with Crippen LogP contribution in [0.25, 0.3) is 22.5 Å². The maximum absolute atomic E-state index is 12.9. The SMILES string of the molecule is CC(C)(C)c1ccc(-c2ccnc(C(=O)Nc3cccc(-c4nncn4C4CC4)c3)c2)cn1. The minimum absolute atomic E-state index is 0.0117. The molecule has 1 aliphatic rings. The molecule has 0 radical (unpaired) electrons. The van der Waals surface area contributed by atoms with E-state index in [1.54, 1.807) is 18.6 Å². The van der Waals surface area contributed by atoms with Crippen LogP contribution in [0.4, 0.5) is 5.69 Å². The van der Waals surface area contributed by atoms with Crippen molar-refractivity contribution in [3.05, 3.63) is 78.6 Å². The molecule has 0 atom stereocenters. The Hall–Kier alpha value is -3.87. The molecule has 1 saturated carbocycles. The average molecular weight is 439 g/mol. The highest BCUT2D eigenvalue weighted by molar-refractivity contribution is 6.03. The fourth-order valence-corrected chi connectivity index (χ4v) is 3.74. The lowest BCUT2D eigenvalue weighted by Crippen LogP contribution is -2.14. The normalized spacial score (nSPS) is 13.7. The molecule has 3 heterocycles. The van der Waals surface area contributed by atoms with Gasteiger partial charge in [-0.3, -0.25) is 14.8 Å². The van der Waals surface area contributed by atoms with Crippen molar-refractivity contribution >= 4 is 11.6 Å². The number of carbonyl (C=O) groups excluding carboxylic acids is 1. The van der Waals surface area contributed by atoms with Crippen LogP contribution in [-0.2, 0) is 5.41 Å². The monoisotopic (exact) mass is 438 g/mol. The van der Waals surface area contributed by atoms with Crippen LogP contribution in [0.5, 0.6) is 0 Å². The van der Waals surface area contributed by atoms with Gasteiger partial charge < -0.3 is 9.88 Å². The van der Waals surface area contributed by atoms with E-state index >= 15 is 0 Å². The zero-order valence-electron chi connectivity index (χ0n) is 19.0. The van der Waals surface area contributed by atoms with Gasteiger partial charge in [-0.05, 0) is 48.7 Å². The van der Waals surface area contributed by atoms with Crippen LogP contribution in [0.15, 0.2) is 67.3 Å². The van der Waals surface area contributed by atoms with Crippen molar-refractivity contribution in [2.45, 2.75) is 45.1 Å². The Morgan fingerprint density at radius 2 is 1.85 bits per heavy atom. The van der Waals surface area contributed by atoms with Crippen molar-refractivity contribution in [1.29, 1.82) is 0 Å². The number of rotatable bonds is 5. The van der Waals surface area contributed by atoms with Gasteiger partial charge in [-0.25, -0.2) is 0 Å². The number of aromatic nitrogens is 5. The molecule has 0 unspecified atom stereocenters. The second-order valence-electron chi connectivity index (χ2n) is 9.44. The maximum atomic E-state index is 12.9. The minimum atomic E-state index is -0.267. The summed E-state index contributed by atoms with van der Waals surface area (Å²) in [6, 6.07) is 15.9. The van der Waals surface area contributed by atoms with Crippen LogP contribution < -0.4 is 5.32 Å². The summed E-state index contributed by atoms with van der Waals surface area (Å²) >= 11 is 0. The molecule has 7 nitrogen and oxygen atoms in total. The molecule has 0 spiro atoms. The van der Waals surface area contributed by atoms with E-state index in [0.717, 1.165) is 41.1 Å². The van der Waals surface area contributed by atoms with Gasteiger partial charge in [0.2, 0.25) is 0 Å². The number of pyridine rings is 2. The maximum Gasteiger partial charge on any atom is 0.274 e. The zero-order valence-corrected chi connectivity index (χ0v) is 19.0. The second kappa shape index (κ2) is 8.24. The van der Waals surface area contributed by atoms with E-state index in [2.05, 4.69) is 50.8 Å². The molecule has 0 aliphatic heterocycles. The Balaban J connectivity index is 1.35. The highest BCUT2D eigenvalue weighted by Gasteiger charge is 2.26. The van der Waals surface area contributed by atoms with Gasteiger partial charge in [0.1, 0.15) is 12.0 Å². The number of nitrogens with one attached hydrogen (secondary N) is 1. The van der Waals surface area contributed by atoms with Crippen molar-refractivity contribution in [1.82, 2.24) is 24.7 Å². The molecule has 1 amide bonds. The van der Waals surface area contributed by atoms with Gasteiger partial charge in [0.25, 0.3) is 5.91 Å². The number of carbonyl (C=O) groups is 1.